The molecule has 1 unspecified atom stereocenters. The van der Waals surface area contributed by atoms with Gasteiger partial charge in [-0.3, -0.25) is 0 Å². The van der Waals surface area contributed by atoms with Crippen LogP contribution in [0.25, 0.3) is 10.2 Å². The first-order valence-corrected chi connectivity index (χ1v) is 6.12. The van der Waals surface area contributed by atoms with Gasteiger partial charge >= 0.3 is 0 Å². The van der Waals surface area contributed by atoms with Crippen LogP contribution >= 0.6 is 11.3 Å². The fraction of sp³-hybridized carbons (Fsp3) is 0.455. The van der Waals surface area contributed by atoms with Gasteiger partial charge in [-0.25, -0.2) is 9.97 Å². The maximum atomic E-state index is 6.02. The Morgan fingerprint density at radius 3 is 3.13 bits per heavy atom. The molecule has 0 aliphatic heterocycles. The highest BCUT2D eigenvalue weighted by Gasteiger charge is 2.09. The molecule has 80 valence electrons. The molecule has 0 aliphatic rings. The van der Waals surface area contributed by atoms with Gasteiger partial charge in [0.05, 0.1) is 15.9 Å². The number of nitrogens with two attached hydrogens (primary N) is 1. The monoisotopic (exact) mass is 221 g/mol. The zero-order valence-electron chi connectivity index (χ0n) is 8.81. The van der Waals surface area contributed by atoms with E-state index in [0.29, 0.717) is 0 Å². The van der Waals surface area contributed by atoms with Crippen molar-refractivity contribution >= 4 is 21.6 Å². The van der Waals surface area contributed by atoms with Crippen LogP contribution < -0.4 is 5.73 Å². The fourth-order valence-electron chi connectivity index (χ4n) is 1.71. The summed E-state index contributed by atoms with van der Waals surface area (Å²) >= 11 is 1.69. The first-order chi connectivity index (χ1) is 7.31. The fourth-order valence-corrected chi connectivity index (χ4v) is 2.55. The van der Waals surface area contributed by atoms with Crippen LogP contribution in [0.1, 0.15) is 25.5 Å². The molecule has 0 saturated carbocycles. The van der Waals surface area contributed by atoms with Crippen molar-refractivity contribution in [1.29, 1.82) is 0 Å². The minimum absolute atomic E-state index is 0.218. The lowest BCUT2D eigenvalue weighted by molar-refractivity contribution is 0.595. The number of rotatable bonds is 4. The highest BCUT2D eigenvalue weighted by molar-refractivity contribution is 7.17. The summed E-state index contributed by atoms with van der Waals surface area (Å²) in [5, 5.41) is 2.05. The van der Waals surface area contributed by atoms with Gasteiger partial charge in [0.15, 0.2) is 0 Å². The molecule has 1 atom stereocenters. The molecule has 2 aromatic heterocycles. The second-order valence-corrected chi connectivity index (χ2v) is 4.62. The van der Waals surface area contributed by atoms with Gasteiger partial charge in [0.1, 0.15) is 6.33 Å². The van der Waals surface area contributed by atoms with Gasteiger partial charge in [-0.05, 0) is 17.9 Å². The van der Waals surface area contributed by atoms with Crippen LogP contribution in [0.3, 0.4) is 0 Å². The average molecular weight is 221 g/mol. The molecule has 0 fully saturated rings. The molecule has 15 heavy (non-hydrogen) atoms. The molecular weight excluding hydrogens is 206 g/mol. The second-order valence-electron chi connectivity index (χ2n) is 3.71. The minimum Gasteiger partial charge on any atom is -0.327 e. The Kier molecular flexibility index (Phi) is 3.28. The summed E-state index contributed by atoms with van der Waals surface area (Å²) in [4.78, 5) is 8.53. The van der Waals surface area contributed by atoms with Crippen molar-refractivity contribution in [2.45, 2.75) is 32.2 Å². The van der Waals surface area contributed by atoms with Gasteiger partial charge < -0.3 is 5.73 Å². The van der Waals surface area contributed by atoms with Gasteiger partial charge in [-0.15, -0.1) is 11.3 Å². The smallest absolute Gasteiger partial charge is 0.116 e. The largest absolute Gasteiger partial charge is 0.327 e. The van der Waals surface area contributed by atoms with E-state index in [-0.39, 0.29) is 6.04 Å². The molecule has 2 N–H and O–H groups in total. The molecule has 0 saturated heterocycles. The molecule has 0 aromatic carbocycles. The number of hydrogen-bond acceptors (Lipinski definition) is 4. The molecule has 0 radical (unpaired) electrons. The first kappa shape index (κ1) is 10.5. The number of fused-ring (bicyclic) bond motifs is 1. The molecule has 2 aromatic rings. The van der Waals surface area contributed by atoms with Crippen molar-refractivity contribution in [3.63, 3.8) is 0 Å². The third-order valence-corrected chi connectivity index (χ3v) is 3.38. The Hall–Kier alpha value is -1.000. The first-order valence-electron chi connectivity index (χ1n) is 5.24. The van der Waals surface area contributed by atoms with Gasteiger partial charge in [-0.1, -0.05) is 13.3 Å². The van der Waals surface area contributed by atoms with Crippen LogP contribution in [0.4, 0.5) is 0 Å². The quantitative estimate of drug-likeness (QED) is 0.862. The summed E-state index contributed by atoms with van der Waals surface area (Å²) in [5.41, 5.74) is 8.15. The lowest BCUT2D eigenvalue weighted by Gasteiger charge is -2.09. The van der Waals surface area contributed by atoms with Crippen molar-refractivity contribution in [3.05, 3.63) is 23.5 Å². The third-order valence-electron chi connectivity index (χ3n) is 2.43. The Bertz CT molecular complexity index is 438. The van der Waals surface area contributed by atoms with Gasteiger partial charge in [0.2, 0.25) is 0 Å². The summed E-state index contributed by atoms with van der Waals surface area (Å²) in [7, 11) is 0. The number of nitrogens with zero attached hydrogens (tertiary/aromatic N) is 2. The summed E-state index contributed by atoms with van der Waals surface area (Å²) in [6, 6.07) is 2.24. The van der Waals surface area contributed by atoms with Crippen LogP contribution in [-0.4, -0.2) is 16.0 Å². The topological polar surface area (TPSA) is 51.8 Å². The molecule has 2 rings (SSSR count). The molecule has 0 aliphatic carbocycles. The van der Waals surface area contributed by atoms with Crippen molar-refractivity contribution in [2.75, 3.05) is 0 Å². The van der Waals surface area contributed by atoms with E-state index in [2.05, 4.69) is 16.9 Å². The number of hydrogen-bond donors (Lipinski definition) is 1. The van der Waals surface area contributed by atoms with E-state index in [1.165, 1.54) is 4.70 Å². The van der Waals surface area contributed by atoms with Gasteiger partial charge in [0.25, 0.3) is 0 Å². The van der Waals surface area contributed by atoms with Crippen LogP contribution in [0.15, 0.2) is 17.8 Å². The Morgan fingerprint density at radius 2 is 2.33 bits per heavy atom. The predicted octanol–water partition coefficient (Wildman–Crippen LogP) is 2.36. The highest BCUT2D eigenvalue weighted by Crippen LogP contribution is 2.22. The summed E-state index contributed by atoms with van der Waals surface area (Å²) in [6.07, 6.45) is 4.66. The van der Waals surface area contributed by atoms with Crippen LogP contribution in [0.5, 0.6) is 0 Å². The predicted molar refractivity (Wildman–Crippen MR) is 64.0 cm³/mol. The van der Waals surface area contributed by atoms with Gasteiger partial charge in [-0.2, -0.15) is 0 Å². The van der Waals surface area contributed by atoms with Gasteiger partial charge in [0, 0.05) is 12.5 Å². The summed E-state index contributed by atoms with van der Waals surface area (Å²) in [6.45, 7) is 2.15. The molecule has 2 heterocycles. The van der Waals surface area contributed by atoms with E-state index >= 15 is 0 Å². The van der Waals surface area contributed by atoms with E-state index < -0.39 is 0 Å². The maximum Gasteiger partial charge on any atom is 0.116 e. The second kappa shape index (κ2) is 4.68. The van der Waals surface area contributed by atoms with Crippen LogP contribution in [0.2, 0.25) is 0 Å². The Labute approximate surface area is 93.4 Å². The molecule has 0 amide bonds. The standard InChI is InChI=1S/C11H15N3S/c1-2-3-8(12)6-10-11-9(4-5-15-11)13-7-14-10/h4-5,7-8H,2-3,6,12H2,1H3. The van der Waals surface area contributed by atoms with Crippen molar-refractivity contribution in [1.82, 2.24) is 9.97 Å². The van der Waals surface area contributed by atoms with E-state index in [1.54, 1.807) is 17.7 Å². The van der Waals surface area contributed by atoms with Crippen LogP contribution in [-0.2, 0) is 6.42 Å². The number of thiophene rings is 1. The number of aromatic nitrogens is 2. The summed E-state index contributed by atoms with van der Waals surface area (Å²) < 4.78 is 1.18. The third kappa shape index (κ3) is 2.33. The molecule has 0 bridgehead atoms. The lowest BCUT2D eigenvalue weighted by Crippen LogP contribution is -2.22. The zero-order valence-corrected chi connectivity index (χ0v) is 9.63. The minimum atomic E-state index is 0.218. The Morgan fingerprint density at radius 1 is 1.47 bits per heavy atom. The van der Waals surface area contributed by atoms with E-state index in [9.17, 15) is 0 Å². The molecule has 0 spiro atoms. The Balaban J connectivity index is 2.23. The van der Waals surface area contributed by atoms with E-state index in [0.717, 1.165) is 30.5 Å². The van der Waals surface area contributed by atoms with Crippen LogP contribution in [0, 0.1) is 0 Å². The van der Waals surface area contributed by atoms with Crippen molar-refractivity contribution in [2.24, 2.45) is 5.73 Å². The van der Waals surface area contributed by atoms with E-state index in [1.807, 2.05) is 11.4 Å². The maximum absolute atomic E-state index is 6.02. The normalized spacial score (nSPS) is 13.2. The van der Waals surface area contributed by atoms with E-state index in [4.69, 9.17) is 5.73 Å². The average Bonchev–Trinajstić information content (AvgIpc) is 2.67. The zero-order chi connectivity index (χ0) is 10.7. The molecule has 3 nitrogen and oxygen atoms in total. The molecular formula is C11H15N3S. The van der Waals surface area contributed by atoms with Crippen molar-refractivity contribution in [3.8, 4) is 0 Å². The highest BCUT2D eigenvalue weighted by atomic mass is 32.1. The van der Waals surface area contributed by atoms with Crippen molar-refractivity contribution < 1.29 is 0 Å². The summed E-state index contributed by atoms with van der Waals surface area (Å²) in [5.74, 6) is 0. The lowest BCUT2D eigenvalue weighted by atomic mass is 10.1. The SMILES string of the molecule is CCCC(N)Cc1ncnc2ccsc12. The molecule has 4 heteroatoms.